The molecule has 4 rings (SSSR count). The number of alkyl halides is 3. The molecule has 0 unspecified atom stereocenters. The number of amides is 2. The van der Waals surface area contributed by atoms with Gasteiger partial charge in [0.25, 0.3) is 5.91 Å². The van der Waals surface area contributed by atoms with Crippen molar-refractivity contribution in [1.82, 2.24) is 20.2 Å². The van der Waals surface area contributed by atoms with E-state index in [1.807, 2.05) is 0 Å². The Labute approximate surface area is 223 Å². The van der Waals surface area contributed by atoms with Crippen molar-refractivity contribution >= 4 is 40.3 Å². The summed E-state index contributed by atoms with van der Waals surface area (Å²) in [5.74, 6) is -0.214. The fraction of sp³-hybridized carbons (Fsp3) is 0.423. The number of rotatable bonds is 4. The van der Waals surface area contributed by atoms with E-state index in [0.29, 0.717) is 16.4 Å². The minimum atomic E-state index is -4.68. The highest BCUT2D eigenvalue weighted by Crippen LogP contribution is 2.38. The molecule has 2 amide bonds. The Morgan fingerprint density at radius 2 is 1.76 bits per heavy atom. The average Bonchev–Trinajstić information content (AvgIpc) is 3.25. The van der Waals surface area contributed by atoms with Gasteiger partial charge in [-0.1, -0.05) is 11.6 Å². The van der Waals surface area contributed by atoms with E-state index in [2.05, 4.69) is 15.3 Å². The van der Waals surface area contributed by atoms with E-state index in [1.165, 1.54) is 17.0 Å². The van der Waals surface area contributed by atoms with E-state index >= 15 is 0 Å². The number of benzene rings is 2. The van der Waals surface area contributed by atoms with Crippen molar-refractivity contribution in [3.8, 4) is 0 Å². The van der Waals surface area contributed by atoms with Crippen LogP contribution in [0.3, 0.4) is 0 Å². The average molecular weight is 552 g/mol. The number of fused-ring (bicyclic) bond motifs is 1. The molecular weight excluding hydrogens is 523 g/mol. The number of aromatic nitrogens is 2. The third-order valence-electron chi connectivity index (χ3n) is 6.06. The molecule has 0 saturated carbocycles. The van der Waals surface area contributed by atoms with Gasteiger partial charge in [0.1, 0.15) is 11.4 Å². The first-order valence-corrected chi connectivity index (χ1v) is 12.5. The number of carbonyl (C=O) groups is 2. The highest BCUT2D eigenvalue weighted by molar-refractivity contribution is 6.31. The predicted molar refractivity (Wildman–Crippen MR) is 138 cm³/mol. The Morgan fingerprint density at radius 1 is 1.08 bits per heavy atom. The molecule has 8 nitrogen and oxygen atoms in total. The first-order chi connectivity index (χ1) is 17.7. The van der Waals surface area contributed by atoms with Crippen molar-refractivity contribution in [1.29, 1.82) is 0 Å². The van der Waals surface area contributed by atoms with Gasteiger partial charge in [-0.15, -0.1) is 0 Å². The van der Waals surface area contributed by atoms with E-state index in [-0.39, 0.29) is 37.4 Å². The van der Waals surface area contributed by atoms with Crippen LogP contribution in [0.5, 0.6) is 0 Å². The number of ether oxygens (including phenoxy) is 1. The van der Waals surface area contributed by atoms with Gasteiger partial charge in [0.05, 0.1) is 22.6 Å². The van der Waals surface area contributed by atoms with Crippen molar-refractivity contribution in [2.75, 3.05) is 31.1 Å². The predicted octanol–water partition coefficient (Wildman–Crippen LogP) is 5.78. The van der Waals surface area contributed by atoms with Crippen LogP contribution in [0.1, 0.15) is 55.5 Å². The lowest BCUT2D eigenvalue weighted by Gasteiger charge is -2.37. The highest BCUT2D eigenvalue weighted by atomic mass is 35.5. The molecule has 3 aromatic rings. The fourth-order valence-corrected chi connectivity index (χ4v) is 4.35. The Morgan fingerprint density at radius 3 is 2.39 bits per heavy atom. The van der Waals surface area contributed by atoms with Crippen LogP contribution >= 0.6 is 11.6 Å². The van der Waals surface area contributed by atoms with E-state index in [4.69, 9.17) is 16.3 Å². The summed E-state index contributed by atoms with van der Waals surface area (Å²) >= 11 is 5.99. The molecule has 204 valence electrons. The largest absolute Gasteiger partial charge is 0.444 e. The van der Waals surface area contributed by atoms with Gasteiger partial charge < -0.3 is 24.8 Å². The number of hydrogen-bond acceptors (Lipinski definition) is 5. The van der Waals surface area contributed by atoms with Crippen molar-refractivity contribution in [3.05, 3.63) is 58.4 Å². The van der Waals surface area contributed by atoms with Gasteiger partial charge in [-0.25, -0.2) is 9.78 Å². The molecule has 1 aromatic heterocycles. The molecule has 1 saturated heterocycles. The summed E-state index contributed by atoms with van der Waals surface area (Å²) in [5, 5.41) is 3.21. The normalized spacial score (nSPS) is 15.5. The number of halogens is 4. The number of nitrogens with one attached hydrogen (secondary N) is 2. The monoisotopic (exact) mass is 551 g/mol. The van der Waals surface area contributed by atoms with Gasteiger partial charge in [-0.05, 0) is 64.1 Å². The first kappa shape index (κ1) is 27.6. The van der Waals surface area contributed by atoms with Gasteiger partial charge in [0.2, 0.25) is 0 Å². The van der Waals surface area contributed by atoms with Crippen LogP contribution in [0.4, 0.5) is 23.7 Å². The second-order valence-corrected chi connectivity index (χ2v) is 10.6. The number of imidazole rings is 1. The summed E-state index contributed by atoms with van der Waals surface area (Å²) in [4.78, 5) is 35.7. The van der Waals surface area contributed by atoms with Gasteiger partial charge in [-0.3, -0.25) is 4.79 Å². The lowest BCUT2D eigenvalue weighted by molar-refractivity contribution is -0.137. The number of hydrogen-bond donors (Lipinski definition) is 2. The lowest BCUT2D eigenvalue weighted by atomic mass is 10.1. The molecule has 12 heteroatoms. The third-order valence-corrected chi connectivity index (χ3v) is 6.29. The molecule has 1 aliphatic heterocycles. The minimum Gasteiger partial charge on any atom is -0.444 e. The van der Waals surface area contributed by atoms with E-state index < -0.39 is 35.4 Å². The van der Waals surface area contributed by atoms with Crippen LogP contribution in [0.25, 0.3) is 11.0 Å². The zero-order chi connectivity index (χ0) is 27.8. The molecule has 0 spiro atoms. The molecule has 0 radical (unpaired) electrons. The Bertz CT molecular complexity index is 1340. The molecule has 1 atom stereocenters. The van der Waals surface area contributed by atoms with Crippen LogP contribution in [0, 0.1) is 0 Å². The van der Waals surface area contributed by atoms with Crippen molar-refractivity contribution < 1.29 is 27.5 Å². The maximum Gasteiger partial charge on any atom is 0.418 e. The van der Waals surface area contributed by atoms with Crippen molar-refractivity contribution in [2.45, 2.75) is 45.5 Å². The summed E-state index contributed by atoms with van der Waals surface area (Å²) in [5.41, 5.74) is -0.407. The zero-order valence-corrected chi connectivity index (χ0v) is 22.2. The van der Waals surface area contributed by atoms with Gasteiger partial charge >= 0.3 is 12.3 Å². The van der Waals surface area contributed by atoms with Crippen LogP contribution in [0.15, 0.2) is 36.4 Å². The number of piperazine rings is 1. The molecular formula is C26H29ClF3N5O3. The maximum absolute atomic E-state index is 14.0. The molecule has 0 bridgehead atoms. The van der Waals surface area contributed by atoms with Gasteiger partial charge in [0.15, 0.2) is 0 Å². The lowest BCUT2D eigenvalue weighted by Crippen LogP contribution is -2.50. The highest BCUT2D eigenvalue weighted by Gasteiger charge is 2.37. The van der Waals surface area contributed by atoms with E-state index in [9.17, 15) is 22.8 Å². The Balaban J connectivity index is 1.48. The van der Waals surface area contributed by atoms with Crippen LogP contribution in [-0.4, -0.2) is 58.6 Å². The summed E-state index contributed by atoms with van der Waals surface area (Å²) in [6.07, 6.45) is -5.18. The number of H-pyrrole nitrogens is 1. The second kappa shape index (κ2) is 10.4. The van der Waals surface area contributed by atoms with Gasteiger partial charge in [-0.2, -0.15) is 13.2 Å². The van der Waals surface area contributed by atoms with E-state index in [1.54, 1.807) is 50.8 Å². The molecule has 1 fully saturated rings. The summed E-state index contributed by atoms with van der Waals surface area (Å²) in [6, 6.07) is 8.06. The minimum absolute atomic E-state index is 0.0416. The standard InChI is InChI=1S/C26H29ClF3N5O3/c1-15(22-32-19-7-6-17(27)14-20(19)33-22)31-23(36)16-5-8-21(18(13-16)26(28,29)30)34-9-11-35(12-10-34)24(37)38-25(2,3)4/h5-8,13-15H,9-12H2,1-4H3,(H,31,36)(H,32,33)/t15-/m0/s1. The Kier molecular flexibility index (Phi) is 7.51. The molecule has 2 heterocycles. The van der Waals surface area contributed by atoms with E-state index in [0.717, 1.165) is 11.6 Å². The SMILES string of the molecule is C[C@H](NC(=O)c1ccc(N2CCN(C(=O)OC(C)(C)C)CC2)c(C(F)(F)F)c1)c1nc2cc(Cl)ccc2[nH]1. The third kappa shape index (κ3) is 6.32. The topological polar surface area (TPSA) is 90.6 Å². The van der Waals surface area contributed by atoms with Crippen LogP contribution in [-0.2, 0) is 10.9 Å². The zero-order valence-electron chi connectivity index (χ0n) is 21.4. The summed E-state index contributed by atoms with van der Waals surface area (Å²) < 4.78 is 47.5. The Hall–Kier alpha value is -3.47. The smallest absolute Gasteiger partial charge is 0.418 e. The second-order valence-electron chi connectivity index (χ2n) is 10.2. The number of carbonyl (C=O) groups excluding carboxylic acids is 2. The number of anilines is 1. The van der Waals surface area contributed by atoms with Crippen LogP contribution < -0.4 is 10.2 Å². The summed E-state index contributed by atoms with van der Waals surface area (Å²) in [7, 11) is 0. The number of nitrogens with zero attached hydrogens (tertiary/aromatic N) is 3. The fourth-order valence-electron chi connectivity index (χ4n) is 4.19. The maximum atomic E-state index is 14.0. The van der Waals surface area contributed by atoms with Gasteiger partial charge in [0, 0.05) is 42.5 Å². The molecule has 2 N–H and O–H groups in total. The molecule has 0 aliphatic carbocycles. The van der Waals surface area contributed by atoms with Crippen LogP contribution in [0.2, 0.25) is 5.02 Å². The quantitative estimate of drug-likeness (QED) is 0.429. The first-order valence-electron chi connectivity index (χ1n) is 12.1. The van der Waals surface area contributed by atoms with Crippen molar-refractivity contribution in [2.24, 2.45) is 0 Å². The number of aromatic amines is 1. The molecule has 1 aliphatic rings. The summed E-state index contributed by atoms with van der Waals surface area (Å²) in [6.45, 7) is 7.76. The van der Waals surface area contributed by atoms with Crippen molar-refractivity contribution in [3.63, 3.8) is 0 Å². The molecule has 38 heavy (non-hydrogen) atoms. The molecule has 2 aromatic carbocycles.